The van der Waals surface area contributed by atoms with Crippen LogP contribution in [0.4, 0.5) is 4.79 Å². The second-order valence-electron chi connectivity index (χ2n) is 13.7. The van der Waals surface area contributed by atoms with E-state index in [-0.39, 0.29) is 12.5 Å². The average molecular weight is 608 g/mol. The molecule has 0 heterocycles. The van der Waals surface area contributed by atoms with Gasteiger partial charge in [-0.1, -0.05) is 48.5 Å². The van der Waals surface area contributed by atoms with Crippen LogP contribution in [0, 0.1) is 13.8 Å². The Labute approximate surface area is 262 Å². The standard InChI is InChI=1S/C35H49N3O6/c1-22-15-13-16-23(2)28(22)29(38(26-19-14-20-26)31(40)24(3)36-33(42)44-35(7,8)9)30(39)37-27(32(41)43-34(4,5)6)21-25-17-11-10-12-18-25/h10-13,15-18,24,26-27,29H,14,19-21H2,1-9H3,(H,36,42)(H,37,39). The number of aryl methyl sites for hydroxylation is 2. The quantitative estimate of drug-likeness (QED) is 0.335. The fourth-order valence-corrected chi connectivity index (χ4v) is 5.27. The molecule has 240 valence electrons. The van der Waals surface area contributed by atoms with E-state index in [4.69, 9.17) is 9.47 Å². The summed E-state index contributed by atoms with van der Waals surface area (Å²) in [4.78, 5) is 56.4. The summed E-state index contributed by atoms with van der Waals surface area (Å²) in [7, 11) is 0. The molecule has 0 aliphatic heterocycles. The first-order chi connectivity index (χ1) is 20.5. The van der Waals surface area contributed by atoms with Gasteiger partial charge in [-0.3, -0.25) is 9.59 Å². The van der Waals surface area contributed by atoms with Crippen LogP contribution in [-0.2, 0) is 30.3 Å². The minimum Gasteiger partial charge on any atom is -0.458 e. The Kier molecular flexibility index (Phi) is 11.2. The van der Waals surface area contributed by atoms with E-state index in [9.17, 15) is 19.2 Å². The lowest BCUT2D eigenvalue weighted by atomic mass is 9.86. The van der Waals surface area contributed by atoms with Crippen molar-refractivity contribution in [3.8, 4) is 0 Å². The number of nitrogens with zero attached hydrogens (tertiary/aromatic N) is 1. The molecule has 3 unspecified atom stereocenters. The van der Waals surface area contributed by atoms with Gasteiger partial charge in [-0.05, 0) is 104 Å². The smallest absolute Gasteiger partial charge is 0.408 e. The van der Waals surface area contributed by atoms with E-state index in [0.717, 1.165) is 36.0 Å². The number of amides is 3. The fraction of sp³-hybridized carbons (Fsp3) is 0.543. The molecule has 1 fully saturated rings. The molecule has 2 aromatic carbocycles. The first kappa shape index (κ1) is 34.6. The van der Waals surface area contributed by atoms with Crippen LogP contribution in [0.3, 0.4) is 0 Å². The summed E-state index contributed by atoms with van der Waals surface area (Å²) >= 11 is 0. The van der Waals surface area contributed by atoms with Gasteiger partial charge in [0.25, 0.3) is 0 Å². The lowest BCUT2D eigenvalue weighted by molar-refractivity contribution is -0.159. The zero-order valence-electron chi connectivity index (χ0n) is 27.7. The second-order valence-corrected chi connectivity index (χ2v) is 13.7. The van der Waals surface area contributed by atoms with Crippen LogP contribution >= 0.6 is 0 Å². The summed E-state index contributed by atoms with van der Waals surface area (Å²) in [6, 6.07) is 11.9. The van der Waals surface area contributed by atoms with Gasteiger partial charge in [0.1, 0.15) is 29.3 Å². The molecule has 0 aromatic heterocycles. The second kappa shape index (κ2) is 14.3. The summed E-state index contributed by atoms with van der Waals surface area (Å²) < 4.78 is 11.1. The third kappa shape index (κ3) is 9.56. The predicted octanol–water partition coefficient (Wildman–Crippen LogP) is 5.71. The lowest BCUT2D eigenvalue weighted by Crippen LogP contribution is -2.58. The van der Waals surface area contributed by atoms with Crippen LogP contribution in [0.5, 0.6) is 0 Å². The molecule has 44 heavy (non-hydrogen) atoms. The highest BCUT2D eigenvalue weighted by molar-refractivity contribution is 5.94. The molecule has 1 aliphatic rings. The molecule has 2 N–H and O–H groups in total. The SMILES string of the molecule is Cc1cccc(C)c1C(C(=O)NC(Cc1ccccc1)C(=O)OC(C)(C)C)N(C(=O)C(C)NC(=O)OC(C)(C)C)C1CCC1. The lowest BCUT2D eigenvalue weighted by Gasteiger charge is -2.44. The Hall–Kier alpha value is -3.88. The maximum atomic E-state index is 14.5. The summed E-state index contributed by atoms with van der Waals surface area (Å²) in [5.41, 5.74) is 1.72. The molecule has 0 saturated heterocycles. The molecule has 3 atom stereocenters. The third-order valence-electron chi connectivity index (χ3n) is 7.46. The Morgan fingerprint density at radius 3 is 1.91 bits per heavy atom. The molecule has 1 aliphatic carbocycles. The van der Waals surface area contributed by atoms with E-state index in [1.54, 1.807) is 53.4 Å². The number of esters is 1. The largest absolute Gasteiger partial charge is 0.458 e. The molecule has 3 rings (SSSR count). The van der Waals surface area contributed by atoms with Crippen molar-refractivity contribution < 1.29 is 28.7 Å². The van der Waals surface area contributed by atoms with E-state index in [1.165, 1.54) is 0 Å². The highest BCUT2D eigenvalue weighted by Crippen LogP contribution is 2.36. The maximum absolute atomic E-state index is 14.5. The first-order valence-corrected chi connectivity index (χ1v) is 15.4. The Morgan fingerprint density at radius 1 is 0.841 bits per heavy atom. The zero-order valence-corrected chi connectivity index (χ0v) is 27.7. The number of hydrogen-bond donors (Lipinski definition) is 2. The fourth-order valence-electron chi connectivity index (χ4n) is 5.27. The predicted molar refractivity (Wildman–Crippen MR) is 170 cm³/mol. The van der Waals surface area contributed by atoms with Gasteiger partial charge in [0.15, 0.2) is 0 Å². The van der Waals surface area contributed by atoms with Gasteiger partial charge in [-0.25, -0.2) is 9.59 Å². The summed E-state index contributed by atoms with van der Waals surface area (Å²) in [5.74, 6) is -1.45. The van der Waals surface area contributed by atoms with Gasteiger partial charge in [-0.2, -0.15) is 0 Å². The summed E-state index contributed by atoms with van der Waals surface area (Å²) in [6.07, 6.45) is 1.86. The molecule has 9 heteroatoms. The van der Waals surface area contributed by atoms with E-state index in [1.807, 2.05) is 62.4 Å². The first-order valence-electron chi connectivity index (χ1n) is 15.4. The summed E-state index contributed by atoms with van der Waals surface area (Å²) in [6.45, 7) is 16.0. The number of ether oxygens (including phenoxy) is 2. The number of carbonyl (C=O) groups excluding carboxylic acids is 4. The monoisotopic (exact) mass is 607 g/mol. The van der Waals surface area contributed by atoms with Crippen LogP contribution in [0.15, 0.2) is 48.5 Å². The van der Waals surface area contributed by atoms with E-state index in [0.29, 0.717) is 5.56 Å². The van der Waals surface area contributed by atoms with Gasteiger partial charge < -0.3 is 25.0 Å². The molecule has 0 radical (unpaired) electrons. The van der Waals surface area contributed by atoms with Crippen molar-refractivity contribution in [1.82, 2.24) is 15.5 Å². The molecule has 0 bridgehead atoms. The van der Waals surface area contributed by atoms with Crippen LogP contribution in [0.1, 0.15) is 96.0 Å². The van der Waals surface area contributed by atoms with Crippen molar-refractivity contribution in [3.05, 3.63) is 70.8 Å². The number of benzene rings is 2. The van der Waals surface area contributed by atoms with E-state index < -0.39 is 53.2 Å². The van der Waals surface area contributed by atoms with Crippen molar-refractivity contribution in [2.24, 2.45) is 0 Å². The molecule has 1 saturated carbocycles. The van der Waals surface area contributed by atoms with E-state index in [2.05, 4.69) is 10.6 Å². The van der Waals surface area contributed by atoms with Crippen molar-refractivity contribution in [2.45, 2.75) is 123 Å². The normalized spacial score (nSPS) is 15.7. The van der Waals surface area contributed by atoms with Gasteiger partial charge in [0, 0.05) is 12.5 Å². The highest BCUT2D eigenvalue weighted by Gasteiger charge is 2.43. The third-order valence-corrected chi connectivity index (χ3v) is 7.46. The van der Waals surface area contributed by atoms with Crippen LogP contribution in [-0.4, -0.2) is 58.1 Å². The Bertz CT molecular complexity index is 1300. The maximum Gasteiger partial charge on any atom is 0.408 e. The summed E-state index contributed by atoms with van der Waals surface area (Å²) in [5, 5.41) is 5.62. The van der Waals surface area contributed by atoms with Gasteiger partial charge in [0.05, 0.1) is 0 Å². The Morgan fingerprint density at radius 2 is 1.41 bits per heavy atom. The minimum absolute atomic E-state index is 0.214. The Balaban J connectivity index is 2.04. The van der Waals surface area contributed by atoms with Gasteiger partial charge >= 0.3 is 12.1 Å². The topological polar surface area (TPSA) is 114 Å². The van der Waals surface area contributed by atoms with Gasteiger partial charge in [-0.15, -0.1) is 0 Å². The van der Waals surface area contributed by atoms with Crippen LogP contribution in [0.2, 0.25) is 0 Å². The number of hydrogen-bond acceptors (Lipinski definition) is 6. The number of carbonyl (C=O) groups is 4. The minimum atomic E-state index is -1.04. The highest BCUT2D eigenvalue weighted by atomic mass is 16.6. The van der Waals surface area contributed by atoms with Crippen molar-refractivity contribution in [3.63, 3.8) is 0 Å². The molecule has 3 amide bonds. The number of rotatable bonds is 10. The molecule has 0 spiro atoms. The average Bonchev–Trinajstić information content (AvgIpc) is 2.86. The van der Waals surface area contributed by atoms with Gasteiger partial charge in [0.2, 0.25) is 11.8 Å². The van der Waals surface area contributed by atoms with Crippen molar-refractivity contribution in [1.29, 1.82) is 0 Å². The molecule has 2 aromatic rings. The molecular weight excluding hydrogens is 558 g/mol. The van der Waals surface area contributed by atoms with E-state index >= 15 is 0 Å². The van der Waals surface area contributed by atoms with Crippen molar-refractivity contribution in [2.75, 3.05) is 0 Å². The van der Waals surface area contributed by atoms with Crippen molar-refractivity contribution >= 4 is 23.9 Å². The molecular formula is C35H49N3O6. The van der Waals surface area contributed by atoms with Crippen LogP contribution in [0.25, 0.3) is 0 Å². The molecule has 9 nitrogen and oxygen atoms in total. The number of alkyl carbamates (subject to hydrolysis) is 1. The number of nitrogens with one attached hydrogen (secondary N) is 2. The zero-order chi connectivity index (χ0) is 32.8. The van der Waals surface area contributed by atoms with Crippen LogP contribution < -0.4 is 10.6 Å².